The highest BCUT2D eigenvalue weighted by Gasteiger charge is 2.58. The average Bonchev–Trinajstić information content (AvgIpc) is 3.28. The van der Waals surface area contributed by atoms with Crippen molar-refractivity contribution in [3.63, 3.8) is 0 Å². The summed E-state index contributed by atoms with van der Waals surface area (Å²) >= 11 is 0. The van der Waals surface area contributed by atoms with Crippen molar-refractivity contribution in [3.8, 4) is 0 Å². The molecule has 1 aromatic carbocycles. The van der Waals surface area contributed by atoms with E-state index in [1.165, 1.54) is 6.26 Å². The van der Waals surface area contributed by atoms with Crippen molar-refractivity contribution in [2.24, 2.45) is 11.3 Å². The Labute approximate surface area is 175 Å². The predicted octanol–water partition coefficient (Wildman–Crippen LogP) is 3.36. The van der Waals surface area contributed by atoms with Gasteiger partial charge in [-0.05, 0) is 36.7 Å². The predicted molar refractivity (Wildman–Crippen MR) is 110 cm³/mol. The highest BCUT2D eigenvalue weighted by Crippen LogP contribution is 2.59. The Morgan fingerprint density at radius 1 is 1.13 bits per heavy atom. The van der Waals surface area contributed by atoms with Crippen molar-refractivity contribution < 1.29 is 18.8 Å². The topological polar surface area (TPSA) is 79.6 Å². The van der Waals surface area contributed by atoms with Gasteiger partial charge in [-0.1, -0.05) is 30.3 Å². The van der Waals surface area contributed by atoms with Crippen LogP contribution in [0.4, 0.5) is 0 Å². The standard InChI is InChI=1S/C24H26N2O4/c27-19-7-4-8-20-21(19)17(15-30-20)23(29)26-11-9-24(10-12-26)13-18(24)22(28)25-14-16-5-2-1-3-6-16/h1-3,5-6,15,18H,4,7-14H2,(H,25,28). The molecule has 5 rings (SSSR count). The zero-order valence-electron chi connectivity index (χ0n) is 17.0. The Hall–Kier alpha value is -2.89. The number of hydrogen-bond acceptors (Lipinski definition) is 4. The molecule has 1 spiro atoms. The lowest BCUT2D eigenvalue weighted by Gasteiger charge is -2.33. The zero-order valence-corrected chi connectivity index (χ0v) is 17.0. The molecule has 1 saturated heterocycles. The third-order valence-electron chi connectivity index (χ3n) is 7.05. The maximum absolute atomic E-state index is 13.0. The van der Waals surface area contributed by atoms with E-state index in [9.17, 15) is 14.4 Å². The molecule has 1 unspecified atom stereocenters. The molecule has 1 saturated carbocycles. The first-order valence-corrected chi connectivity index (χ1v) is 10.8. The largest absolute Gasteiger partial charge is 0.468 e. The fraction of sp³-hybridized carbons (Fsp3) is 0.458. The van der Waals surface area contributed by atoms with E-state index in [0.717, 1.165) is 37.7 Å². The Balaban J connectivity index is 1.17. The van der Waals surface area contributed by atoms with Crippen LogP contribution >= 0.6 is 0 Å². The highest BCUT2D eigenvalue weighted by atomic mass is 16.3. The molecule has 1 aliphatic heterocycles. The third kappa shape index (κ3) is 3.34. The van der Waals surface area contributed by atoms with Gasteiger partial charge in [0.05, 0.1) is 11.1 Å². The van der Waals surface area contributed by atoms with Crippen molar-refractivity contribution in [2.75, 3.05) is 13.1 Å². The number of benzene rings is 1. The van der Waals surface area contributed by atoms with Gasteiger partial charge >= 0.3 is 0 Å². The molecule has 30 heavy (non-hydrogen) atoms. The van der Waals surface area contributed by atoms with Crippen LogP contribution in [0.1, 0.15) is 64.1 Å². The first-order chi connectivity index (χ1) is 14.6. The first kappa shape index (κ1) is 19.1. The van der Waals surface area contributed by atoms with Gasteiger partial charge in [0.25, 0.3) is 5.91 Å². The average molecular weight is 406 g/mol. The lowest BCUT2D eigenvalue weighted by atomic mass is 9.89. The summed E-state index contributed by atoms with van der Waals surface area (Å²) in [6.45, 7) is 1.79. The summed E-state index contributed by atoms with van der Waals surface area (Å²) in [6.07, 6.45) is 6.00. The maximum Gasteiger partial charge on any atom is 0.257 e. The van der Waals surface area contributed by atoms with Gasteiger partial charge in [-0.2, -0.15) is 0 Å². The van der Waals surface area contributed by atoms with Gasteiger partial charge in [-0.3, -0.25) is 14.4 Å². The molecule has 6 nitrogen and oxygen atoms in total. The smallest absolute Gasteiger partial charge is 0.257 e. The Kier molecular flexibility index (Phi) is 4.72. The number of nitrogens with zero attached hydrogens (tertiary/aromatic N) is 1. The number of amides is 2. The molecule has 2 fully saturated rings. The van der Waals surface area contributed by atoms with Gasteiger partial charge < -0.3 is 14.6 Å². The van der Waals surface area contributed by atoms with Crippen LogP contribution in [0.25, 0.3) is 0 Å². The van der Waals surface area contributed by atoms with E-state index >= 15 is 0 Å². The molecule has 156 valence electrons. The Morgan fingerprint density at radius 3 is 2.67 bits per heavy atom. The maximum atomic E-state index is 13.0. The summed E-state index contributed by atoms with van der Waals surface area (Å²) < 4.78 is 5.51. The quantitative estimate of drug-likeness (QED) is 0.844. The fourth-order valence-electron chi connectivity index (χ4n) is 5.08. The van der Waals surface area contributed by atoms with Gasteiger partial charge in [-0.25, -0.2) is 0 Å². The lowest BCUT2D eigenvalue weighted by Crippen LogP contribution is -2.41. The van der Waals surface area contributed by atoms with E-state index in [4.69, 9.17) is 4.42 Å². The summed E-state index contributed by atoms with van der Waals surface area (Å²) in [4.78, 5) is 39.7. The third-order valence-corrected chi connectivity index (χ3v) is 7.05. The number of aryl methyl sites for hydroxylation is 1. The van der Waals surface area contributed by atoms with Gasteiger partial charge in [0, 0.05) is 38.4 Å². The highest BCUT2D eigenvalue weighted by molar-refractivity contribution is 6.09. The summed E-state index contributed by atoms with van der Waals surface area (Å²) in [7, 11) is 0. The van der Waals surface area contributed by atoms with Crippen molar-refractivity contribution in [3.05, 3.63) is 59.0 Å². The van der Waals surface area contributed by atoms with Gasteiger partial charge in [0.1, 0.15) is 12.0 Å². The van der Waals surface area contributed by atoms with E-state index in [1.807, 2.05) is 35.2 Å². The van der Waals surface area contributed by atoms with Gasteiger partial charge in [0.15, 0.2) is 5.78 Å². The second kappa shape index (κ2) is 7.42. The van der Waals surface area contributed by atoms with E-state index in [0.29, 0.717) is 42.9 Å². The van der Waals surface area contributed by atoms with Crippen LogP contribution in [0.3, 0.4) is 0 Å². The van der Waals surface area contributed by atoms with Crippen molar-refractivity contribution >= 4 is 17.6 Å². The number of furan rings is 1. The molecule has 1 atom stereocenters. The number of ketones is 1. The number of likely N-dealkylation sites (tertiary alicyclic amines) is 1. The molecule has 6 heteroatoms. The summed E-state index contributed by atoms with van der Waals surface area (Å²) in [5, 5.41) is 3.06. The Bertz CT molecular complexity index is 986. The summed E-state index contributed by atoms with van der Waals surface area (Å²) in [5.41, 5.74) is 2.04. The molecule has 2 heterocycles. The van der Waals surface area contributed by atoms with Crippen LogP contribution in [-0.4, -0.2) is 35.6 Å². The normalized spacial score (nSPS) is 21.9. The molecule has 1 N–H and O–H groups in total. The molecular weight excluding hydrogens is 380 g/mol. The number of nitrogens with one attached hydrogen (secondary N) is 1. The number of Topliss-reactive ketones (excluding diaryl/α,β-unsaturated/α-hetero) is 1. The van der Waals surface area contributed by atoms with E-state index in [-0.39, 0.29) is 28.9 Å². The van der Waals surface area contributed by atoms with Crippen molar-refractivity contribution in [2.45, 2.75) is 45.1 Å². The molecule has 0 radical (unpaired) electrons. The minimum atomic E-state index is -0.115. The molecule has 2 amide bonds. The number of fused-ring (bicyclic) bond motifs is 1. The van der Waals surface area contributed by atoms with E-state index in [2.05, 4.69) is 5.32 Å². The number of piperidine rings is 1. The molecule has 2 aliphatic carbocycles. The minimum Gasteiger partial charge on any atom is -0.468 e. The molecular formula is C24H26N2O4. The SMILES string of the molecule is O=C1CCCc2occ(C(=O)N3CCC4(CC3)CC4C(=O)NCc3ccccc3)c21. The summed E-state index contributed by atoms with van der Waals surface area (Å²) in [5.74, 6) is 0.713. The molecule has 1 aromatic heterocycles. The lowest BCUT2D eigenvalue weighted by molar-refractivity contribution is -0.123. The van der Waals surface area contributed by atoms with Crippen LogP contribution in [-0.2, 0) is 17.8 Å². The van der Waals surface area contributed by atoms with E-state index < -0.39 is 0 Å². The van der Waals surface area contributed by atoms with Crippen LogP contribution in [0, 0.1) is 11.3 Å². The fourth-order valence-corrected chi connectivity index (χ4v) is 5.08. The van der Waals surface area contributed by atoms with Gasteiger partial charge in [0.2, 0.25) is 5.91 Å². The number of carbonyl (C=O) groups is 3. The monoisotopic (exact) mass is 406 g/mol. The Morgan fingerprint density at radius 2 is 1.90 bits per heavy atom. The molecule has 3 aliphatic rings. The van der Waals surface area contributed by atoms with Crippen LogP contribution in [0.5, 0.6) is 0 Å². The first-order valence-electron chi connectivity index (χ1n) is 10.8. The number of hydrogen-bond donors (Lipinski definition) is 1. The minimum absolute atomic E-state index is 0.0131. The van der Waals surface area contributed by atoms with Crippen LogP contribution < -0.4 is 5.32 Å². The van der Waals surface area contributed by atoms with Crippen LogP contribution in [0.15, 0.2) is 41.0 Å². The summed E-state index contributed by atoms with van der Waals surface area (Å²) in [6, 6.07) is 9.92. The number of rotatable bonds is 4. The second-order valence-electron chi connectivity index (χ2n) is 8.84. The number of carbonyl (C=O) groups excluding carboxylic acids is 3. The second-order valence-corrected chi connectivity index (χ2v) is 8.84. The van der Waals surface area contributed by atoms with Crippen molar-refractivity contribution in [1.82, 2.24) is 10.2 Å². The van der Waals surface area contributed by atoms with E-state index in [1.54, 1.807) is 0 Å². The zero-order chi connectivity index (χ0) is 20.7. The van der Waals surface area contributed by atoms with Gasteiger partial charge in [-0.15, -0.1) is 0 Å². The molecule has 0 bridgehead atoms. The van der Waals surface area contributed by atoms with Crippen LogP contribution in [0.2, 0.25) is 0 Å². The molecule has 2 aromatic rings. The van der Waals surface area contributed by atoms with Crippen molar-refractivity contribution in [1.29, 1.82) is 0 Å².